The summed E-state index contributed by atoms with van der Waals surface area (Å²) >= 11 is 0. The molecule has 16 heavy (non-hydrogen) atoms. The van der Waals surface area contributed by atoms with Crippen LogP contribution in [0.1, 0.15) is 26.2 Å². The topological polar surface area (TPSA) is 79.0 Å². The second-order valence-corrected chi connectivity index (χ2v) is 5.20. The molecule has 0 aliphatic heterocycles. The quantitative estimate of drug-likeness (QED) is 0.728. The molecule has 0 saturated heterocycles. The number of nitrogens with one attached hydrogen (secondary N) is 2. The summed E-state index contributed by atoms with van der Waals surface area (Å²) in [6.07, 6.45) is 4.17. The first-order valence-electron chi connectivity index (χ1n) is 5.25. The Balaban J connectivity index is 2.72. The fourth-order valence-electron chi connectivity index (χ4n) is 1.28. The lowest BCUT2D eigenvalue weighted by molar-refractivity contribution is 0.574. The van der Waals surface area contributed by atoms with Crippen molar-refractivity contribution in [3.63, 3.8) is 0 Å². The van der Waals surface area contributed by atoms with Crippen LogP contribution in [0, 0.1) is 0 Å². The van der Waals surface area contributed by atoms with Crippen molar-refractivity contribution < 1.29 is 8.42 Å². The van der Waals surface area contributed by atoms with E-state index in [9.17, 15) is 13.2 Å². The van der Waals surface area contributed by atoms with Crippen molar-refractivity contribution in [2.75, 3.05) is 6.54 Å². The van der Waals surface area contributed by atoms with E-state index in [1.54, 1.807) is 0 Å². The minimum Gasteiger partial charge on any atom is -0.328 e. The van der Waals surface area contributed by atoms with Gasteiger partial charge in [-0.2, -0.15) is 0 Å². The van der Waals surface area contributed by atoms with Gasteiger partial charge in [-0.25, -0.2) is 13.1 Å². The van der Waals surface area contributed by atoms with E-state index in [2.05, 4.69) is 9.71 Å². The van der Waals surface area contributed by atoms with Crippen LogP contribution in [0.2, 0.25) is 0 Å². The summed E-state index contributed by atoms with van der Waals surface area (Å²) in [5.41, 5.74) is -0.592. The molecule has 1 aromatic heterocycles. The highest BCUT2D eigenvalue weighted by Gasteiger charge is 2.16. The Morgan fingerprint density at radius 3 is 2.75 bits per heavy atom. The summed E-state index contributed by atoms with van der Waals surface area (Å²) in [4.78, 5) is 13.4. The third-order valence-electron chi connectivity index (χ3n) is 2.14. The Hall–Kier alpha value is -1.14. The molecular weight excluding hydrogens is 228 g/mol. The molecule has 0 fully saturated rings. The first kappa shape index (κ1) is 12.9. The van der Waals surface area contributed by atoms with Crippen molar-refractivity contribution >= 4 is 10.0 Å². The highest BCUT2D eigenvalue weighted by atomic mass is 32.2. The van der Waals surface area contributed by atoms with E-state index in [4.69, 9.17) is 0 Å². The average molecular weight is 244 g/mol. The largest absolute Gasteiger partial charge is 0.328 e. The number of sulfonamides is 1. The zero-order valence-electron chi connectivity index (χ0n) is 9.19. The fraction of sp³-hybridized carbons (Fsp3) is 0.500. The maximum Gasteiger partial charge on any atom is 0.268 e. The molecule has 0 aliphatic carbocycles. The van der Waals surface area contributed by atoms with Gasteiger partial charge in [0, 0.05) is 12.7 Å². The van der Waals surface area contributed by atoms with Crippen LogP contribution in [0.25, 0.3) is 0 Å². The van der Waals surface area contributed by atoms with Crippen LogP contribution in [-0.2, 0) is 10.0 Å². The van der Waals surface area contributed by atoms with Crippen LogP contribution in [0.15, 0.2) is 28.0 Å². The molecular formula is C10H16N2O3S. The Bertz CT molecular complexity index is 479. The summed E-state index contributed by atoms with van der Waals surface area (Å²) in [5, 5.41) is 0. The highest BCUT2D eigenvalue weighted by Crippen LogP contribution is 2.01. The summed E-state index contributed by atoms with van der Waals surface area (Å²) in [7, 11) is -3.67. The SMILES string of the molecule is CCCCCNS(=O)(=O)c1ccc[nH]c1=O. The molecule has 0 aliphatic rings. The lowest BCUT2D eigenvalue weighted by Gasteiger charge is -2.04. The van der Waals surface area contributed by atoms with Gasteiger partial charge in [0.1, 0.15) is 4.90 Å². The van der Waals surface area contributed by atoms with Crippen LogP contribution in [-0.4, -0.2) is 19.9 Å². The van der Waals surface area contributed by atoms with Crippen LogP contribution in [0.3, 0.4) is 0 Å². The van der Waals surface area contributed by atoms with Crippen molar-refractivity contribution in [3.05, 3.63) is 28.7 Å². The molecule has 5 nitrogen and oxygen atoms in total. The summed E-state index contributed by atoms with van der Waals surface area (Å²) in [6.45, 7) is 2.40. The van der Waals surface area contributed by atoms with Gasteiger partial charge in [-0.15, -0.1) is 0 Å². The lowest BCUT2D eigenvalue weighted by Crippen LogP contribution is -2.29. The Morgan fingerprint density at radius 2 is 2.12 bits per heavy atom. The summed E-state index contributed by atoms with van der Waals surface area (Å²) in [6, 6.07) is 2.78. The number of unbranched alkanes of at least 4 members (excludes halogenated alkanes) is 2. The van der Waals surface area contributed by atoms with Crippen molar-refractivity contribution in [1.82, 2.24) is 9.71 Å². The second-order valence-electron chi connectivity index (χ2n) is 3.47. The van der Waals surface area contributed by atoms with Crippen LogP contribution < -0.4 is 10.3 Å². The number of aromatic nitrogens is 1. The molecule has 1 rings (SSSR count). The van der Waals surface area contributed by atoms with Crippen molar-refractivity contribution in [2.24, 2.45) is 0 Å². The molecule has 0 spiro atoms. The van der Waals surface area contributed by atoms with Gasteiger partial charge in [0.05, 0.1) is 0 Å². The average Bonchev–Trinajstić information content (AvgIpc) is 2.25. The number of hydrogen-bond acceptors (Lipinski definition) is 3. The van der Waals surface area contributed by atoms with Gasteiger partial charge in [0.2, 0.25) is 10.0 Å². The van der Waals surface area contributed by atoms with E-state index in [1.165, 1.54) is 18.3 Å². The van der Waals surface area contributed by atoms with Crippen LogP contribution >= 0.6 is 0 Å². The van der Waals surface area contributed by atoms with Gasteiger partial charge in [0.25, 0.3) is 5.56 Å². The number of rotatable bonds is 6. The molecule has 0 radical (unpaired) electrons. The minimum absolute atomic E-state index is 0.230. The lowest BCUT2D eigenvalue weighted by atomic mass is 10.3. The monoisotopic (exact) mass is 244 g/mol. The summed E-state index contributed by atoms with van der Waals surface area (Å²) < 4.78 is 25.8. The van der Waals surface area contributed by atoms with E-state index in [1.807, 2.05) is 6.92 Å². The van der Waals surface area contributed by atoms with Gasteiger partial charge in [-0.1, -0.05) is 19.8 Å². The van der Waals surface area contributed by atoms with E-state index in [0.717, 1.165) is 19.3 Å². The predicted octanol–water partition coefficient (Wildman–Crippen LogP) is 0.843. The molecule has 0 unspecified atom stereocenters. The number of aromatic amines is 1. The molecule has 0 bridgehead atoms. The maximum absolute atomic E-state index is 11.7. The number of hydrogen-bond donors (Lipinski definition) is 2. The van der Waals surface area contributed by atoms with Crippen molar-refractivity contribution in [2.45, 2.75) is 31.1 Å². The van der Waals surface area contributed by atoms with Gasteiger partial charge in [-0.05, 0) is 18.6 Å². The Morgan fingerprint density at radius 1 is 1.38 bits per heavy atom. The predicted molar refractivity (Wildman–Crippen MR) is 61.8 cm³/mol. The van der Waals surface area contributed by atoms with Gasteiger partial charge >= 0.3 is 0 Å². The molecule has 90 valence electrons. The second kappa shape index (κ2) is 5.81. The van der Waals surface area contributed by atoms with Gasteiger partial charge in [0.15, 0.2) is 0 Å². The van der Waals surface area contributed by atoms with Gasteiger partial charge < -0.3 is 4.98 Å². The Kier molecular flexibility index (Phi) is 4.70. The van der Waals surface area contributed by atoms with E-state index >= 15 is 0 Å². The molecule has 6 heteroatoms. The van der Waals surface area contributed by atoms with Crippen LogP contribution in [0.4, 0.5) is 0 Å². The first-order chi connectivity index (χ1) is 7.58. The molecule has 1 aromatic rings. The first-order valence-corrected chi connectivity index (χ1v) is 6.73. The molecule has 1 heterocycles. The standard InChI is InChI=1S/C10H16N2O3S/c1-2-3-4-8-12-16(14,15)9-6-5-7-11-10(9)13/h5-7,12H,2-4,8H2,1H3,(H,11,13). The zero-order valence-corrected chi connectivity index (χ0v) is 10.0. The molecule has 0 saturated carbocycles. The van der Waals surface area contributed by atoms with Crippen molar-refractivity contribution in [3.8, 4) is 0 Å². The Labute approximate surface area is 94.9 Å². The third kappa shape index (κ3) is 3.46. The third-order valence-corrected chi connectivity index (χ3v) is 3.63. The molecule has 0 amide bonds. The van der Waals surface area contributed by atoms with Gasteiger partial charge in [-0.3, -0.25) is 4.79 Å². The number of H-pyrrole nitrogens is 1. The smallest absolute Gasteiger partial charge is 0.268 e. The molecule has 2 N–H and O–H groups in total. The van der Waals surface area contributed by atoms with Crippen LogP contribution in [0.5, 0.6) is 0 Å². The highest BCUT2D eigenvalue weighted by molar-refractivity contribution is 7.89. The van der Waals surface area contributed by atoms with E-state index < -0.39 is 15.6 Å². The normalized spacial score (nSPS) is 11.6. The molecule has 0 atom stereocenters. The van der Waals surface area contributed by atoms with Crippen molar-refractivity contribution in [1.29, 1.82) is 0 Å². The van der Waals surface area contributed by atoms with E-state index in [0.29, 0.717) is 6.54 Å². The zero-order chi connectivity index (χ0) is 12.0. The maximum atomic E-state index is 11.7. The molecule has 0 aromatic carbocycles. The fourth-order valence-corrected chi connectivity index (χ4v) is 2.41. The van der Waals surface area contributed by atoms with E-state index in [-0.39, 0.29) is 4.90 Å². The summed E-state index contributed by atoms with van der Waals surface area (Å²) in [5.74, 6) is 0. The minimum atomic E-state index is -3.67. The number of pyridine rings is 1.